The first-order valence-corrected chi connectivity index (χ1v) is 12.0. The second kappa shape index (κ2) is 8.80. The van der Waals surface area contributed by atoms with Crippen molar-refractivity contribution in [3.63, 3.8) is 0 Å². The van der Waals surface area contributed by atoms with Crippen molar-refractivity contribution in [2.75, 3.05) is 17.3 Å². The maximum Gasteiger partial charge on any atom is 0.452 e. The Morgan fingerprint density at radius 3 is 2.00 bits per heavy atom. The number of nitrogen functional groups attached to an aromatic ring is 1. The molecule has 11 heteroatoms. The van der Waals surface area contributed by atoms with Crippen molar-refractivity contribution in [2.24, 2.45) is 0 Å². The first-order chi connectivity index (χ1) is 15.6. The molecular weight excluding hydrogens is 458 g/mol. The van der Waals surface area contributed by atoms with E-state index >= 15 is 0 Å². The summed E-state index contributed by atoms with van der Waals surface area (Å²) in [6, 6.07) is 9.60. The summed E-state index contributed by atoms with van der Waals surface area (Å²) in [7, 11) is -3.30. The van der Waals surface area contributed by atoms with Crippen LogP contribution in [0.15, 0.2) is 42.6 Å². The predicted molar refractivity (Wildman–Crippen MR) is 130 cm³/mol. The van der Waals surface area contributed by atoms with Crippen molar-refractivity contribution in [1.82, 2.24) is 15.2 Å². The van der Waals surface area contributed by atoms with Crippen molar-refractivity contribution in [1.29, 1.82) is 0 Å². The molecule has 3 rings (SSSR count). The zero-order chi connectivity index (χ0) is 25.5. The molecule has 1 heterocycles. The molecule has 2 aromatic carbocycles. The maximum atomic E-state index is 13.0. The fourth-order valence-electron chi connectivity index (χ4n) is 3.43. The van der Waals surface area contributed by atoms with E-state index in [-0.39, 0.29) is 28.0 Å². The summed E-state index contributed by atoms with van der Waals surface area (Å²) in [5.74, 6) is 0.199. The van der Waals surface area contributed by atoms with Gasteiger partial charge in [0, 0.05) is 22.4 Å². The molecule has 10 nitrogen and oxygen atoms in total. The van der Waals surface area contributed by atoms with Gasteiger partial charge in [-0.25, -0.2) is 4.28 Å². The number of benzene rings is 2. The highest BCUT2D eigenvalue weighted by molar-refractivity contribution is 7.88. The molecule has 0 aliphatic rings. The van der Waals surface area contributed by atoms with Crippen LogP contribution in [0.4, 0.5) is 11.4 Å². The van der Waals surface area contributed by atoms with E-state index in [0.717, 1.165) is 4.85 Å². The number of hydrogen-bond acceptors (Lipinski definition) is 8. The summed E-state index contributed by atoms with van der Waals surface area (Å²) in [6.07, 6.45) is 1.39. The van der Waals surface area contributed by atoms with Crippen LogP contribution >= 0.6 is 0 Å². The van der Waals surface area contributed by atoms with Gasteiger partial charge in [-0.15, -0.1) is 9.57 Å². The van der Waals surface area contributed by atoms with Gasteiger partial charge < -0.3 is 10.8 Å². The van der Waals surface area contributed by atoms with Crippen LogP contribution in [0.2, 0.25) is 0 Å². The molecule has 0 radical (unpaired) electrons. The van der Waals surface area contributed by atoms with Crippen LogP contribution in [-0.2, 0) is 26.0 Å². The van der Waals surface area contributed by atoms with Gasteiger partial charge in [0.15, 0.2) is 0 Å². The molecule has 0 aliphatic carbocycles. The van der Waals surface area contributed by atoms with E-state index in [1.165, 1.54) is 37.6 Å². The Labute approximate surface area is 200 Å². The van der Waals surface area contributed by atoms with E-state index in [9.17, 15) is 13.5 Å². The molecule has 0 spiro atoms. The Morgan fingerprint density at radius 1 is 1.00 bits per heavy atom. The lowest BCUT2D eigenvalue weighted by molar-refractivity contribution is 0.177. The van der Waals surface area contributed by atoms with E-state index in [1.54, 1.807) is 12.1 Å². The topological polar surface area (TPSA) is 133 Å². The predicted octanol–water partition coefficient (Wildman–Crippen LogP) is 3.57. The van der Waals surface area contributed by atoms with Crippen LogP contribution in [0.1, 0.15) is 52.7 Å². The number of nitrogens with two attached hydrogens (primary N) is 1. The number of hydrogen-bond donors (Lipinski definition) is 2. The second-order valence-corrected chi connectivity index (χ2v) is 11.3. The van der Waals surface area contributed by atoms with E-state index in [0.29, 0.717) is 26.8 Å². The van der Waals surface area contributed by atoms with Gasteiger partial charge in [-0.2, -0.15) is 8.42 Å². The van der Waals surface area contributed by atoms with E-state index in [4.69, 9.17) is 14.9 Å². The van der Waals surface area contributed by atoms with Gasteiger partial charge in [0.2, 0.25) is 0 Å². The molecular formula is C23H31N5O5S. The third-order valence-corrected chi connectivity index (χ3v) is 6.27. The van der Waals surface area contributed by atoms with E-state index in [1.807, 2.05) is 41.5 Å². The molecule has 0 atom stereocenters. The monoisotopic (exact) mass is 489 g/mol. The number of rotatable bonds is 6. The third kappa shape index (κ3) is 5.10. The van der Waals surface area contributed by atoms with Gasteiger partial charge in [-0.1, -0.05) is 46.4 Å². The Hall–Kier alpha value is -3.31. The number of phenolic OH excluding ortho intramolecular Hbond substituents is 1. The van der Waals surface area contributed by atoms with Gasteiger partial charge in [0.05, 0.1) is 19.0 Å². The number of anilines is 2. The molecule has 0 fully saturated rings. The molecule has 0 saturated carbocycles. The van der Waals surface area contributed by atoms with Gasteiger partial charge >= 0.3 is 10.3 Å². The molecule has 34 heavy (non-hydrogen) atoms. The Kier molecular flexibility index (Phi) is 6.55. The molecule has 0 aliphatic heterocycles. The van der Waals surface area contributed by atoms with Crippen LogP contribution in [0.3, 0.4) is 0 Å². The van der Waals surface area contributed by atoms with Crippen LogP contribution in [0.5, 0.6) is 5.75 Å². The molecule has 0 amide bonds. The summed E-state index contributed by atoms with van der Waals surface area (Å²) in [5.41, 5.74) is 7.85. The smallest absolute Gasteiger partial charge is 0.452 e. The van der Waals surface area contributed by atoms with Crippen molar-refractivity contribution in [3.05, 3.63) is 53.7 Å². The Bertz CT molecular complexity index is 1240. The molecule has 3 aromatic rings. The fraction of sp³-hybridized carbons (Fsp3) is 0.391. The van der Waals surface area contributed by atoms with Crippen molar-refractivity contribution in [3.8, 4) is 17.0 Å². The minimum absolute atomic E-state index is 0.188. The van der Waals surface area contributed by atoms with E-state index < -0.39 is 10.3 Å². The summed E-state index contributed by atoms with van der Waals surface area (Å²) in [6.45, 7) is 11.9. The maximum absolute atomic E-state index is 13.0. The standard InChI is InChI=1S/C23H31N5O5S/c1-22(2,3)18-12-15(13-19(21(18)29)23(4,5)6)20-14-25-26-27(20)33-34(30,31)28(32-7)17-10-8-16(24)9-11-17/h8-14,29H,24H2,1-7H3. The van der Waals surface area contributed by atoms with Crippen LogP contribution < -0.4 is 14.5 Å². The van der Waals surface area contributed by atoms with Crippen molar-refractivity contribution >= 4 is 21.7 Å². The number of aromatic hydroxyl groups is 1. The molecule has 0 bridgehead atoms. The molecule has 184 valence electrons. The minimum atomic E-state index is -4.50. The first kappa shape index (κ1) is 25.3. The highest BCUT2D eigenvalue weighted by Crippen LogP contribution is 2.41. The quantitative estimate of drug-likeness (QED) is 0.397. The highest BCUT2D eigenvalue weighted by atomic mass is 32.2. The molecule has 0 unspecified atom stereocenters. The van der Waals surface area contributed by atoms with Gasteiger partial charge in [0.25, 0.3) is 0 Å². The SMILES string of the molecule is CON(c1ccc(N)cc1)S(=O)(=O)On1nncc1-c1cc(C(C)(C)C)c(O)c(C(C)(C)C)c1. The Morgan fingerprint density at radius 2 is 1.53 bits per heavy atom. The fourth-order valence-corrected chi connectivity index (χ4v) is 4.34. The lowest BCUT2D eigenvalue weighted by Gasteiger charge is -2.28. The second-order valence-electron chi connectivity index (χ2n) is 9.95. The summed E-state index contributed by atoms with van der Waals surface area (Å²) in [4.78, 5) is 5.87. The van der Waals surface area contributed by atoms with Gasteiger partial charge in [-0.05, 0) is 52.4 Å². The number of aromatic nitrogens is 3. The van der Waals surface area contributed by atoms with E-state index in [2.05, 4.69) is 10.3 Å². The highest BCUT2D eigenvalue weighted by Gasteiger charge is 2.30. The lowest BCUT2D eigenvalue weighted by Crippen LogP contribution is -2.38. The summed E-state index contributed by atoms with van der Waals surface area (Å²) < 4.78 is 31.9. The zero-order valence-electron chi connectivity index (χ0n) is 20.4. The minimum Gasteiger partial charge on any atom is -0.507 e. The average molecular weight is 490 g/mol. The van der Waals surface area contributed by atoms with Crippen LogP contribution in [0, 0.1) is 0 Å². The normalized spacial score (nSPS) is 12.6. The summed E-state index contributed by atoms with van der Waals surface area (Å²) >= 11 is 0. The Balaban J connectivity index is 2.08. The van der Waals surface area contributed by atoms with Crippen molar-refractivity contribution in [2.45, 2.75) is 52.4 Å². The van der Waals surface area contributed by atoms with Crippen LogP contribution in [-0.4, -0.2) is 35.8 Å². The van der Waals surface area contributed by atoms with Gasteiger partial charge in [0.1, 0.15) is 11.4 Å². The van der Waals surface area contributed by atoms with Crippen molar-refractivity contribution < 1.29 is 22.6 Å². The number of phenols is 1. The van der Waals surface area contributed by atoms with Crippen LogP contribution in [0.25, 0.3) is 11.3 Å². The third-order valence-electron chi connectivity index (χ3n) is 5.18. The average Bonchev–Trinajstić information content (AvgIpc) is 3.15. The number of nitrogens with zero attached hydrogens (tertiary/aromatic N) is 4. The first-order valence-electron chi connectivity index (χ1n) is 10.6. The molecule has 1 aromatic heterocycles. The summed E-state index contributed by atoms with van der Waals surface area (Å²) in [5, 5.41) is 18.6. The zero-order valence-corrected chi connectivity index (χ0v) is 21.2. The molecule has 3 N–H and O–H groups in total. The molecule has 0 saturated heterocycles. The lowest BCUT2D eigenvalue weighted by atomic mass is 9.78. The largest absolute Gasteiger partial charge is 0.507 e. The van der Waals surface area contributed by atoms with Gasteiger partial charge in [-0.3, -0.25) is 4.84 Å².